The lowest BCUT2D eigenvalue weighted by molar-refractivity contribution is -0.138. The van der Waals surface area contributed by atoms with Crippen LogP contribution in [0.4, 0.5) is 0 Å². The van der Waals surface area contributed by atoms with E-state index < -0.39 is 0 Å². The van der Waals surface area contributed by atoms with Gasteiger partial charge in [0.15, 0.2) is 0 Å². The number of nitrogens with zero attached hydrogens (tertiary/aromatic N) is 3. The largest absolute Gasteiger partial charge is 0.391 e. The first kappa shape index (κ1) is 16.2. The van der Waals surface area contributed by atoms with Gasteiger partial charge in [0.2, 0.25) is 5.91 Å². The third-order valence-electron chi connectivity index (χ3n) is 5.70. The highest BCUT2D eigenvalue weighted by molar-refractivity contribution is 5.82. The van der Waals surface area contributed by atoms with Gasteiger partial charge in [-0.1, -0.05) is 6.92 Å². The van der Waals surface area contributed by atoms with Gasteiger partial charge in [0.05, 0.1) is 12.1 Å². The highest BCUT2D eigenvalue weighted by Crippen LogP contribution is 2.26. The van der Waals surface area contributed by atoms with Crippen molar-refractivity contribution in [2.45, 2.75) is 63.6 Å². The Bertz CT molecular complexity index is 382. The van der Waals surface area contributed by atoms with Crippen LogP contribution >= 0.6 is 0 Å². The van der Waals surface area contributed by atoms with Crippen molar-refractivity contribution in [3.05, 3.63) is 0 Å². The maximum absolute atomic E-state index is 12.8. The number of amides is 1. The molecule has 3 rings (SSSR count). The van der Waals surface area contributed by atoms with Gasteiger partial charge in [-0.15, -0.1) is 0 Å². The van der Waals surface area contributed by atoms with Gasteiger partial charge in [-0.25, -0.2) is 0 Å². The summed E-state index contributed by atoms with van der Waals surface area (Å²) in [6.45, 7) is 7.83. The Labute approximate surface area is 134 Å². The van der Waals surface area contributed by atoms with Crippen LogP contribution in [-0.4, -0.2) is 83.2 Å². The quantitative estimate of drug-likeness (QED) is 0.839. The number of rotatable bonds is 4. The summed E-state index contributed by atoms with van der Waals surface area (Å²) < 4.78 is 0. The van der Waals surface area contributed by atoms with Gasteiger partial charge in [0.25, 0.3) is 0 Å². The lowest BCUT2D eigenvalue weighted by Crippen LogP contribution is -2.56. The van der Waals surface area contributed by atoms with Crippen LogP contribution in [0.5, 0.6) is 0 Å². The molecule has 0 aromatic heterocycles. The summed E-state index contributed by atoms with van der Waals surface area (Å²) in [5.74, 6) is 0.345. The third kappa shape index (κ3) is 3.31. The SMILES string of the molecule is CCCN1CCCC1C(=O)N1CCN(C2CCCC2O)CC1. The second-order valence-electron chi connectivity index (χ2n) is 7.12. The highest BCUT2D eigenvalue weighted by Gasteiger charge is 2.37. The molecule has 2 saturated heterocycles. The minimum absolute atomic E-state index is 0.128. The Kier molecular flexibility index (Phi) is 5.37. The average molecular weight is 309 g/mol. The minimum Gasteiger partial charge on any atom is -0.391 e. The van der Waals surface area contributed by atoms with Gasteiger partial charge in [0, 0.05) is 32.2 Å². The second-order valence-corrected chi connectivity index (χ2v) is 7.12. The van der Waals surface area contributed by atoms with E-state index in [1.54, 1.807) is 0 Å². The first-order valence-electron chi connectivity index (χ1n) is 9.15. The summed E-state index contributed by atoms with van der Waals surface area (Å²) >= 11 is 0. The van der Waals surface area contributed by atoms with Gasteiger partial charge < -0.3 is 10.0 Å². The maximum Gasteiger partial charge on any atom is 0.240 e. The standard InChI is InChI=1S/C17H31N3O2/c1-2-8-18-9-4-6-15(18)17(22)20-12-10-19(11-13-20)14-5-3-7-16(14)21/h14-16,21H,2-13H2,1H3. The van der Waals surface area contributed by atoms with Gasteiger partial charge in [-0.3, -0.25) is 14.6 Å². The number of carbonyl (C=O) groups excluding carboxylic acids is 1. The Morgan fingerprint density at radius 2 is 1.82 bits per heavy atom. The van der Waals surface area contributed by atoms with E-state index in [9.17, 15) is 9.90 Å². The first-order chi connectivity index (χ1) is 10.7. The van der Waals surface area contributed by atoms with Gasteiger partial charge >= 0.3 is 0 Å². The maximum atomic E-state index is 12.8. The van der Waals surface area contributed by atoms with E-state index in [1.165, 1.54) is 0 Å². The smallest absolute Gasteiger partial charge is 0.240 e. The lowest BCUT2D eigenvalue weighted by Gasteiger charge is -2.40. The van der Waals surface area contributed by atoms with Crippen LogP contribution in [0, 0.1) is 0 Å². The summed E-state index contributed by atoms with van der Waals surface area (Å²) in [4.78, 5) is 19.6. The van der Waals surface area contributed by atoms with Crippen LogP contribution in [0.25, 0.3) is 0 Å². The molecule has 3 aliphatic rings. The topological polar surface area (TPSA) is 47.0 Å². The molecule has 22 heavy (non-hydrogen) atoms. The zero-order chi connectivity index (χ0) is 15.5. The van der Waals surface area contributed by atoms with Crippen LogP contribution in [-0.2, 0) is 4.79 Å². The van der Waals surface area contributed by atoms with Crippen molar-refractivity contribution >= 4 is 5.91 Å². The number of hydrogen-bond acceptors (Lipinski definition) is 4. The summed E-state index contributed by atoms with van der Waals surface area (Å²) in [5, 5.41) is 10.1. The number of piperazine rings is 1. The fraction of sp³-hybridized carbons (Fsp3) is 0.941. The minimum atomic E-state index is -0.155. The fourth-order valence-electron chi connectivity index (χ4n) is 4.49. The summed E-state index contributed by atoms with van der Waals surface area (Å²) in [6.07, 6.45) is 6.35. The zero-order valence-electron chi connectivity index (χ0n) is 13.9. The normalized spacial score (nSPS) is 34.5. The van der Waals surface area contributed by atoms with Crippen LogP contribution in [0.3, 0.4) is 0 Å². The van der Waals surface area contributed by atoms with E-state index in [0.717, 1.165) is 77.8 Å². The van der Waals surface area contributed by atoms with Crippen LogP contribution in [0.1, 0.15) is 45.4 Å². The van der Waals surface area contributed by atoms with Gasteiger partial charge in [0.1, 0.15) is 0 Å². The molecule has 0 spiro atoms. The molecule has 5 nitrogen and oxygen atoms in total. The molecular formula is C17H31N3O2. The Morgan fingerprint density at radius 1 is 1.05 bits per heavy atom. The van der Waals surface area contributed by atoms with E-state index in [1.807, 2.05) is 0 Å². The molecule has 0 aromatic rings. The van der Waals surface area contributed by atoms with E-state index in [-0.39, 0.29) is 12.1 Å². The number of likely N-dealkylation sites (tertiary alicyclic amines) is 1. The molecule has 5 heteroatoms. The van der Waals surface area contributed by atoms with Crippen LogP contribution < -0.4 is 0 Å². The molecule has 0 radical (unpaired) electrons. The Morgan fingerprint density at radius 3 is 2.45 bits per heavy atom. The molecule has 0 bridgehead atoms. The number of aliphatic hydroxyl groups is 1. The molecule has 2 aliphatic heterocycles. The fourth-order valence-corrected chi connectivity index (χ4v) is 4.49. The molecular weight excluding hydrogens is 278 g/mol. The summed E-state index contributed by atoms with van der Waals surface area (Å²) in [5.41, 5.74) is 0. The van der Waals surface area contributed by atoms with Crippen molar-refractivity contribution in [2.75, 3.05) is 39.3 Å². The molecule has 2 heterocycles. The van der Waals surface area contributed by atoms with Crippen molar-refractivity contribution in [3.63, 3.8) is 0 Å². The first-order valence-corrected chi connectivity index (χ1v) is 9.15. The highest BCUT2D eigenvalue weighted by atomic mass is 16.3. The predicted molar refractivity (Wildman–Crippen MR) is 86.7 cm³/mol. The van der Waals surface area contributed by atoms with E-state index in [2.05, 4.69) is 21.6 Å². The monoisotopic (exact) mass is 309 g/mol. The Balaban J connectivity index is 1.51. The summed E-state index contributed by atoms with van der Waals surface area (Å²) in [6, 6.07) is 0.462. The molecule has 1 saturated carbocycles. The van der Waals surface area contributed by atoms with Crippen molar-refractivity contribution in [3.8, 4) is 0 Å². The van der Waals surface area contributed by atoms with Crippen molar-refractivity contribution in [1.29, 1.82) is 0 Å². The van der Waals surface area contributed by atoms with Crippen molar-refractivity contribution in [1.82, 2.24) is 14.7 Å². The molecule has 3 atom stereocenters. The zero-order valence-corrected chi connectivity index (χ0v) is 13.9. The summed E-state index contributed by atoms with van der Waals surface area (Å²) in [7, 11) is 0. The van der Waals surface area contributed by atoms with Crippen molar-refractivity contribution < 1.29 is 9.90 Å². The van der Waals surface area contributed by atoms with Gasteiger partial charge in [-0.2, -0.15) is 0 Å². The average Bonchev–Trinajstić information content (AvgIpc) is 3.16. The predicted octanol–water partition coefficient (Wildman–Crippen LogP) is 0.918. The second kappa shape index (κ2) is 7.28. The molecule has 3 fully saturated rings. The number of aliphatic hydroxyl groups excluding tert-OH is 1. The molecule has 1 N–H and O–H groups in total. The van der Waals surface area contributed by atoms with Crippen LogP contribution in [0.15, 0.2) is 0 Å². The lowest BCUT2D eigenvalue weighted by atomic mass is 10.1. The van der Waals surface area contributed by atoms with Crippen molar-refractivity contribution in [2.24, 2.45) is 0 Å². The molecule has 0 aromatic carbocycles. The number of carbonyl (C=O) groups is 1. The number of hydrogen-bond donors (Lipinski definition) is 1. The van der Waals surface area contributed by atoms with E-state index in [4.69, 9.17) is 0 Å². The Hall–Kier alpha value is -0.650. The van der Waals surface area contributed by atoms with E-state index >= 15 is 0 Å². The molecule has 1 aliphatic carbocycles. The molecule has 3 unspecified atom stereocenters. The molecule has 126 valence electrons. The van der Waals surface area contributed by atoms with Gasteiger partial charge in [-0.05, 0) is 51.6 Å². The third-order valence-corrected chi connectivity index (χ3v) is 5.70. The van der Waals surface area contributed by atoms with Crippen LogP contribution in [0.2, 0.25) is 0 Å². The molecule has 1 amide bonds. The van der Waals surface area contributed by atoms with E-state index in [0.29, 0.717) is 11.9 Å².